The number of likely N-dealkylation sites (N-methyl/N-ethyl adjacent to an activating group) is 2. The van der Waals surface area contributed by atoms with E-state index in [9.17, 15) is 9.59 Å². The SMILES string of the molecule is CCN1C(=O)C2C(N=C3N(c4ccccc4C)CCN32)N(C)C1=O. The molecule has 2 saturated heterocycles. The van der Waals surface area contributed by atoms with Gasteiger partial charge in [-0.25, -0.2) is 9.79 Å². The van der Waals surface area contributed by atoms with Crippen molar-refractivity contribution in [3.63, 3.8) is 0 Å². The number of urea groups is 1. The summed E-state index contributed by atoms with van der Waals surface area (Å²) >= 11 is 0. The molecule has 0 N–H and O–H groups in total. The fraction of sp³-hybridized carbons (Fsp3) is 0.471. The number of aryl methyl sites for hydroxylation is 1. The van der Waals surface area contributed by atoms with Crippen LogP contribution in [0.5, 0.6) is 0 Å². The van der Waals surface area contributed by atoms with Gasteiger partial charge in [-0.3, -0.25) is 9.69 Å². The van der Waals surface area contributed by atoms with E-state index in [1.54, 1.807) is 11.9 Å². The number of guanidine groups is 1. The number of carbonyl (C=O) groups is 2. The van der Waals surface area contributed by atoms with Crippen LogP contribution in [0.1, 0.15) is 12.5 Å². The quantitative estimate of drug-likeness (QED) is 0.816. The van der Waals surface area contributed by atoms with Gasteiger partial charge in [0.15, 0.2) is 12.2 Å². The average Bonchev–Trinajstić information content (AvgIpc) is 3.13. The van der Waals surface area contributed by atoms with E-state index in [0.717, 1.165) is 24.7 Å². The molecule has 0 aliphatic carbocycles. The van der Waals surface area contributed by atoms with Gasteiger partial charge in [0.05, 0.1) is 0 Å². The van der Waals surface area contributed by atoms with Crippen LogP contribution in [0.2, 0.25) is 0 Å². The van der Waals surface area contributed by atoms with Gasteiger partial charge >= 0.3 is 6.03 Å². The number of hydrogen-bond acceptors (Lipinski definition) is 5. The predicted octanol–water partition coefficient (Wildman–Crippen LogP) is 1.10. The molecule has 1 aromatic rings. The lowest BCUT2D eigenvalue weighted by molar-refractivity contribution is -0.137. The van der Waals surface area contributed by atoms with Crippen molar-refractivity contribution in [3.8, 4) is 0 Å². The van der Waals surface area contributed by atoms with Crippen molar-refractivity contribution in [1.82, 2.24) is 14.7 Å². The second kappa shape index (κ2) is 5.22. The zero-order valence-electron chi connectivity index (χ0n) is 14.1. The molecule has 24 heavy (non-hydrogen) atoms. The highest BCUT2D eigenvalue weighted by molar-refractivity contribution is 6.08. The first-order chi connectivity index (χ1) is 11.5. The number of carbonyl (C=O) groups excluding carboxylic acids is 2. The van der Waals surface area contributed by atoms with Gasteiger partial charge < -0.3 is 14.7 Å². The van der Waals surface area contributed by atoms with E-state index >= 15 is 0 Å². The predicted molar refractivity (Wildman–Crippen MR) is 90.8 cm³/mol. The molecule has 0 radical (unpaired) electrons. The number of amides is 3. The molecular weight excluding hydrogens is 306 g/mol. The van der Waals surface area contributed by atoms with E-state index in [2.05, 4.69) is 24.0 Å². The minimum Gasteiger partial charge on any atom is -0.325 e. The normalized spacial score (nSPS) is 26.0. The topological polar surface area (TPSA) is 59.5 Å². The lowest BCUT2D eigenvalue weighted by atomic mass is 10.1. The summed E-state index contributed by atoms with van der Waals surface area (Å²) in [5.74, 6) is 0.654. The fourth-order valence-electron chi connectivity index (χ4n) is 3.82. The van der Waals surface area contributed by atoms with Crippen molar-refractivity contribution in [3.05, 3.63) is 29.8 Å². The Morgan fingerprint density at radius 2 is 1.96 bits per heavy atom. The number of benzene rings is 1. The summed E-state index contributed by atoms with van der Waals surface area (Å²) in [5.41, 5.74) is 2.27. The molecule has 2 unspecified atom stereocenters. The summed E-state index contributed by atoms with van der Waals surface area (Å²) in [6.45, 7) is 5.81. The number of nitrogens with zero attached hydrogens (tertiary/aromatic N) is 5. The molecule has 0 bridgehead atoms. The molecule has 3 amide bonds. The van der Waals surface area contributed by atoms with Crippen LogP contribution in [0.3, 0.4) is 0 Å². The van der Waals surface area contributed by atoms with Crippen LogP contribution in [0.25, 0.3) is 0 Å². The Morgan fingerprint density at radius 3 is 2.67 bits per heavy atom. The summed E-state index contributed by atoms with van der Waals surface area (Å²) in [5, 5.41) is 0. The molecule has 4 rings (SSSR count). The summed E-state index contributed by atoms with van der Waals surface area (Å²) in [6.07, 6.45) is -0.436. The molecular formula is C17H21N5O2. The van der Waals surface area contributed by atoms with Crippen LogP contribution in [0, 0.1) is 6.92 Å². The first-order valence-corrected chi connectivity index (χ1v) is 8.30. The number of para-hydroxylation sites is 1. The maximum Gasteiger partial charge on any atom is 0.328 e. The number of imide groups is 1. The van der Waals surface area contributed by atoms with Crippen molar-refractivity contribution in [2.75, 3.05) is 31.6 Å². The van der Waals surface area contributed by atoms with Crippen LogP contribution < -0.4 is 4.90 Å². The van der Waals surface area contributed by atoms with Gasteiger partial charge in [0.2, 0.25) is 5.96 Å². The molecule has 0 saturated carbocycles. The van der Waals surface area contributed by atoms with Gasteiger partial charge in [-0.2, -0.15) is 0 Å². The van der Waals surface area contributed by atoms with Gasteiger partial charge in [0.25, 0.3) is 5.91 Å². The Kier molecular flexibility index (Phi) is 3.26. The second-order valence-corrected chi connectivity index (χ2v) is 6.40. The third kappa shape index (κ3) is 1.87. The van der Waals surface area contributed by atoms with Crippen LogP contribution in [-0.2, 0) is 4.79 Å². The van der Waals surface area contributed by atoms with Gasteiger partial charge in [-0.15, -0.1) is 0 Å². The summed E-state index contributed by atoms with van der Waals surface area (Å²) < 4.78 is 0. The van der Waals surface area contributed by atoms with Crippen LogP contribution >= 0.6 is 0 Å². The van der Waals surface area contributed by atoms with Crippen molar-refractivity contribution in [2.45, 2.75) is 26.1 Å². The van der Waals surface area contributed by atoms with E-state index in [4.69, 9.17) is 4.99 Å². The standard InChI is InChI=1S/C17H21N5O2/c1-4-20-15(23)13-14(19(3)17(20)24)18-16-21(9-10-22(13)16)12-8-6-5-7-11(12)2/h5-8,13-14H,4,9-10H2,1-3H3. The maximum atomic E-state index is 12.8. The number of aliphatic imine (C=N–C) groups is 1. The molecule has 0 spiro atoms. The lowest BCUT2D eigenvalue weighted by Crippen LogP contribution is -2.64. The van der Waals surface area contributed by atoms with Gasteiger partial charge in [-0.1, -0.05) is 18.2 Å². The summed E-state index contributed by atoms with van der Waals surface area (Å²) in [4.78, 5) is 37.0. The molecule has 2 atom stereocenters. The number of hydrogen-bond donors (Lipinski definition) is 0. The largest absolute Gasteiger partial charge is 0.328 e. The Hall–Kier alpha value is -2.57. The van der Waals surface area contributed by atoms with E-state index in [1.807, 2.05) is 24.0 Å². The van der Waals surface area contributed by atoms with E-state index in [0.29, 0.717) is 6.54 Å². The molecule has 2 fully saturated rings. The second-order valence-electron chi connectivity index (χ2n) is 6.40. The van der Waals surface area contributed by atoms with Crippen molar-refractivity contribution in [1.29, 1.82) is 0 Å². The maximum absolute atomic E-state index is 12.8. The van der Waals surface area contributed by atoms with Crippen LogP contribution in [0.15, 0.2) is 29.3 Å². The number of rotatable bonds is 2. The summed E-state index contributed by atoms with van der Waals surface area (Å²) in [6, 6.07) is 7.48. The highest BCUT2D eigenvalue weighted by atomic mass is 16.2. The molecule has 126 valence electrons. The lowest BCUT2D eigenvalue weighted by Gasteiger charge is -2.40. The molecule has 3 aliphatic rings. The zero-order chi connectivity index (χ0) is 17.0. The van der Waals surface area contributed by atoms with Gasteiger partial charge in [-0.05, 0) is 25.5 Å². The van der Waals surface area contributed by atoms with Crippen molar-refractivity contribution in [2.24, 2.45) is 4.99 Å². The third-order valence-corrected chi connectivity index (χ3v) is 5.10. The summed E-state index contributed by atoms with van der Waals surface area (Å²) in [7, 11) is 1.72. The molecule has 7 nitrogen and oxygen atoms in total. The van der Waals surface area contributed by atoms with Gasteiger partial charge in [0.1, 0.15) is 0 Å². The van der Waals surface area contributed by atoms with E-state index in [1.165, 1.54) is 10.5 Å². The zero-order valence-corrected chi connectivity index (χ0v) is 14.1. The fourth-order valence-corrected chi connectivity index (χ4v) is 3.82. The number of anilines is 1. The highest BCUT2D eigenvalue weighted by Gasteiger charge is 2.54. The molecule has 0 aromatic heterocycles. The first-order valence-electron chi connectivity index (χ1n) is 8.30. The van der Waals surface area contributed by atoms with Crippen LogP contribution in [-0.4, -0.2) is 71.5 Å². The van der Waals surface area contributed by atoms with Crippen molar-refractivity contribution >= 4 is 23.6 Å². The Balaban J connectivity index is 1.72. The Labute approximate surface area is 141 Å². The highest BCUT2D eigenvalue weighted by Crippen LogP contribution is 2.34. The third-order valence-electron chi connectivity index (χ3n) is 5.10. The Bertz CT molecular complexity index is 746. The van der Waals surface area contributed by atoms with Gasteiger partial charge in [0, 0.05) is 32.4 Å². The monoisotopic (exact) mass is 327 g/mol. The molecule has 1 aromatic carbocycles. The smallest absolute Gasteiger partial charge is 0.325 e. The van der Waals surface area contributed by atoms with Crippen molar-refractivity contribution < 1.29 is 9.59 Å². The Morgan fingerprint density at radius 1 is 1.21 bits per heavy atom. The minimum atomic E-state index is -0.436. The first kappa shape index (κ1) is 15.0. The number of fused-ring (bicyclic) bond motifs is 3. The minimum absolute atomic E-state index is 0.143. The van der Waals surface area contributed by atoms with E-state index in [-0.39, 0.29) is 11.9 Å². The van der Waals surface area contributed by atoms with Crippen LogP contribution in [0.4, 0.5) is 10.5 Å². The van der Waals surface area contributed by atoms with E-state index < -0.39 is 12.2 Å². The molecule has 3 aliphatic heterocycles. The molecule has 3 heterocycles. The average molecular weight is 327 g/mol. The molecule has 7 heteroatoms.